The molecule has 0 radical (unpaired) electrons. The van der Waals surface area contributed by atoms with E-state index in [2.05, 4.69) is 31.4 Å². The highest BCUT2D eigenvalue weighted by Gasteiger charge is 2.19. The SMILES string of the molecule is CCC(CO)NC(=O)C(C)NC(=O)c1ccc(C(C)(C)C)cc1. The van der Waals surface area contributed by atoms with E-state index in [1.165, 1.54) is 0 Å². The second-order valence-corrected chi connectivity index (χ2v) is 6.82. The van der Waals surface area contributed by atoms with Gasteiger partial charge in [-0.1, -0.05) is 39.8 Å². The lowest BCUT2D eigenvalue weighted by molar-refractivity contribution is -0.123. The average molecular weight is 320 g/mol. The highest BCUT2D eigenvalue weighted by molar-refractivity contribution is 5.97. The van der Waals surface area contributed by atoms with Crippen molar-refractivity contribution >= 4 is 11.8 Å². The lowest BCUT2D eigenvalue weighted by Gasteiger charge is -2.20. The Morgan fingerprint density at radius 2 is 1.70 bits per heavy atom. The highest BCUT2D eigenvalue weighted by Crippen LogP contribution is 2.22. The molecule has 2 unspecified atom stereocenters. The Labute approximate surface area is 138 Å². The van der Waals surface area contributed by atoms with Crippen LogP contribution in [0.5, 0.6) is 0 Å². The zero-order valence-electron chi connectivity index (χ0n) is 14.6. The number of hydrogen-bond acceptors (Lipinski definition) is 3. The molecule has 3 N–H and O–H groups in total. The average Bonchev–Trinajstić information content (AvgIpc) is 2.51. The number of benzene rings is 1. The largest absolute Gasteiger partial charge is 0.394 e. The van der Waals surface area contributed by atoms with Crippen LogP contribution in [0.4, 0.5) is 0 Å². The van der Waals surface area contributed by atoms with E-state index in [1.807, 2.05) is 19.1 Å². The number of rotatable bonds is 6. The summed E-state index contributed by atoms with van der Waals surface area (Å²) in [5.74, 6) is -0.587. The molecule has 128 valence electrons. The van der Waals surface area contributed by atoms with Gasteiger partial charge in [-0.25, -0.2) is 0 Å². The quantitative estimate of drug-likeness (QED) is 0.750. The van der Waals surface area contributed by atoms with E-state index in [4.69, 9.17) is 5.11 Å². The summed E-state index contributed by atoms with van der Waals surface area (Å²) in [7, 11) is 0. The van der Waals surface area contributed by atoms with E-state index >= 15 is 0 Å². The first-order valence-corrected chi connectivity index (χ1v) is 8.01. The number of amides is 2. The van der Waals surface area contributed by atoms with Gasteiger partial charge in [0, 0.05) is 5.56 Å². The summed E-state index contributed by atoms with van der Waals surface area (Å²) in [6.45, 7) is 9.72. The maximum Gasteiger partial charge on any atom is 0.251 e. The van der Waals surface area contributed by atoms with Gasteiger partial charge in [0.1, 0.15) is 6.04 Å². The molecule has 2 amide bonds. The van der Waals surface area contributed by atoms with Crippen molar-refractivity contribution in [3.63, 3.8) is 0 Å². The van der Waals surface area contributed by atoms with Crippen molar-refractivity contribution in [3.8, 4) is 0 Å². The minimum atomic E-state index is -0.662. The number of aliphatic hydroxyl groups excluding tert-OH is 1. The van der Waals surface area contributed by atoms with Crippen molar-refractivity contribution in [1.29, 1.82) is 0 Å². The molecule has 5 heteroatoms. The molecule has 1 aromatic rings. The summed E-state index contributed by atoms with van der Waals surface area (Å²) < 4.78 is 0. The van der Waals surface area contributed by atoms with Crippen LogP contribution in [-0.2, 0) is 10.2 Å². The minimum Gasteiger partial charge on any atom is -0.394 e. The Morgan fingerprint density at radius 1 is 1.13 bits per heavy atom. The predicted molar refractivity (Wildman–Crippen MR) is 91.4 cm³/mol. The Hall–Kier alpha value is -1.88. The van der Waals surface area contributed by atoms with Gasteiger partial charge in [0.25, 0.3) is 5.91 Å². The van der Waals surface area contributed by atoms with Gasteiger partial charge in [0.15, 0.2) is 0 Å². The van der Waals surface area contributed by atoms with E-state index in [0.717, 1.165) is 5.56 Å². The van der Waals surface area contributed by atoms with E-state index in [-0.39, 0.29) is 29.9 Å². The van der Waals surface area contributed by atoms with Crippen molar-refractivity contribution in [3.05, 3.63) is 35.4 Å². The minimum absolute atomic E-state index is 0.0294. The fourth-order valence-electron chi connectivity index (χ4n) is 2.07. The Bertz CT molecular complexity index is 528. The summed E-state index contributed by atoms with van der Waals surface area (Å²) >= 11 is 0. The van der Waals surface area contributed by atoms with Crippen molar-refractivity contribution < 1.29 is 14.7 Å². The van der Waals surface area contributed by atoms with Gasteiger partial charge in [-0.15, -0.1) is 0 Å². The lowest BCUT2D eigenvalue weighted by atomic mass is 9.86. The molecule has 0 saturated carbocycles. The van der Waals surface area contributed by atoms with Crippen LogP contribution in [0.1, 0.15) is 57.0 Å². The maximum absolute atomic E-state index is 12.2. The molecule has 0 heterocycles. The molecule has 0 aromatic heterocycles. The molecule has 5 nitrogen and oxygen atoms in total. The van der Waals surface area contributed by atoms with Crippen LogP contribution in [0.15, 0.2) is 24.3 Å². The van der Waals surface area contributed by atoms with Crippen molar-refractivity contribution in [1.82, 2.24) is 10.6 Å². The Kier molecular flexibility index (Phi) is 6.76. The van der Waals surface area contributed by atoms with Crippen LogP contribution in [0.2, 0.25) is 0 Å². The zero-order valence-corrected chi connectivity index (χ0v) is 14.6. The molecule has 0 aliphatic heterocycles. The third-order valence-electron chi connectivity index (χ3n) is 3.81. The molecule has 1 rings (SSSR count). The first-order valence-electron chi connectivity index (χ1n) is 8.01. The lowest BCUT2D eigenvalue weighted by Crippen LogP contribution is -2.48. The van der Waals surface area contributed by atoms with Crippen molar-refractivity contribution in [2.75, 3.05) is 6.61 Å². The zero-order chi connectivity index (χ0) is 17.6. The van der Waals surface area contributed by atoms with Crippen LogP contribution in [-0.4, -0.2) is 35.6 Å². The number of carbonyl (C=O) groups excluding carboxylic acids is 2. The third-order valence-corrected chi connectivity index (χ3v) is 3.81. The molecule has 0 aliphatic carbocycles. The van der Waals surface area contributed by atoms with Crippen molar-refractivity contribution in [2.45, 2.75) is 58.5 Å². The van der Waals surface area contributed by atoms with Gasteiger partial charge in [-0.2, -0.15) is 0 Å². The standard InChI is InChI=1S/C18H28N2O3/c1-6-15(11-21)20-16(22)12(2)19-17(23)13-7-9-14(10-8-13)18(3,4)5/h7-10,12,15,21H,6,11H2,1-5H3,(H,19,23)(H,20,22). The number of aliphatic hydroxyl groups is 1. The normalized spacial score (nSPS) is 14.0. The molecular weight excluding hydrogens is 292 g/mol. The third kappa shape index (κ3) is 5.67. The van der Waals surface area contributed by atoms with Crippen LogP contribution in [0, 0.1) is 0 Å². The van der Waals surface area contributed by atoms with Crippen LogP contribution >= 0.6 is 0 Å². The molecule has 1 aromatic carbocycles. The van der Waals surface area contributed by atoms with E-state index in [0.29, 0.717) is 12.0 Å². The number of hydrogen-bond donors (Lipinski definition) is 3. The summed E-state index contributed by atoms with van der Waals surface area (Å²) in [5, 5.41) is 14.5. The number of carbonyl (C=O) groups is 2. The Balaban J connectivity index is 2.66. The van der Waals surface area contributed by atoms with E-state index < -0.39 is 6.04 Å². The van der Waals surface area contributed by atoms with Gasteiger partial charge >= 0.3 is 0 Å². The van der Waals surface area contributed by atoms with Gasteiger partial charge < -0.3 is 15.7 Å². The molecule has 0 spiro atoms. The fraction of sp³-hybridized carbons (Fsp3) is 0.556. The van der Waals surface area contributed by atoms with Crippen LogP contribution in [0.25, 0.3) is 0 Å². The molecule has 0 bridgehead atoms. The molecule has 23 heavy (non-hydrogen) atoms. The van der Waals surface area contributed by atoms with Gasteiger partial charge in [-0.3, -0.25) is 9.59 Å². The summed E-state index contributed by atoms with van der Waals surface area (Å²) in [6.07, 6.45) is 0.636. The second kappa shape index (κ2) is 8.11. The summed E-state index contributed by atoms with van der Waals surface area (Å²) in [4.78, 5) is 24.2. The van der Waals surface area contributed by atoms with E-state index in [1.54, 1.807) is 19.1 Å². The Morgan fingerprint density at radius 3 is 2.13 bits per heavy atom. The fourth-order valence-corrected chi connectivity index (χ4v) is 2.07. The van der Waals surface area contributed by atoms with Crippen molar-refractivity contribution in [2.24, 2.45) is 0 Å². The molecule has 0 fully saturated rings. The smallest absolute Gasteiger partial charge is 0.251 e. The maximum atomic E-state index is 12.2. The molecular formula is C18H28N2O3. The topological polar surface area (TPSA) is 78.4 Å². The number of nitrogens with one attached hydrogen (secondary N) is 2. The van der Waals surface area contributed by atoms with Gasteiger partial charge in [0.2, 0.25) is 5.91 Å². The summed E-state index contributed by atoms with van der Waals surface area (Å²) in [6, 6.07) is 6.45. The van der Waals surface area contributed by atoms with Crippen LogP contribution < -0.4 is 10.6 Å². The van der Waals surface area contributed by atoms with Gasteiger partial charge in [-0.05, 0) is 36.5 Å². The summed E-state index contributed by atoms with van der Waals surface area (Å²) in [5.41, 5.74) is 1.70. The molecule has 0 saturated heterocycles. The highest BCUT2D eigenvalue weighted by atomic mass is 16.3. The monoisotopic (exact) mass is 320 g/mol. The predicted octanol–water partition coefficient (Wildman–Crippen LogP) is 1.99. The van der Waals surface area contributed by atoms with E-state index in [9.17, 15) is 9.59 Å². The van der Waals surface area contributed by atoms with Gasteiger partial charge in [0.05, 0.1) is 12.6 Å². The first kappa shape index (κ1) is 19.2. The van der Waals surface area contributed by atoms with Crippen LogP contribution in [0.3, 0.4) is 0 Å². The first-order chi connectivity index (χ1) is 10.7. The second-order valence-electron chi connectivity index (χ2n) is 6.82. The molecule has 2 atom stereocenters. The molecule has 0 aliphatic rings.